The smallest absolute Gasteiger partial charge is 0.175 e. The van der Waals surface area contributed by atoms with Crippen molar-refractivity contribution in [2.75, 3.05) is 37.3 Å². The molecule has 0 radical (unpaired) electrons. The quantitative estimate of drug-likeness (QED) is 0.780. The van der Waals surface area contributed by atoms with Crippen molar-refractivity contribution < 1.29 is 8.42 Å². The first-order chi connectivity index (χ1) is 12.3. The Labute approximate surface area is 162 Å². The SMILES string of the molecule is Cc1cc(Cl)c(N2CCN(C3CCC4CCC3C4)CC2)cc1S(C)(=O)=O. The second-order valence-electron chi connectivity index (χ2n) is 8.45. The largest absolute Gasteiger partial charge is 0.368 e. The van der Waals surface area contributed by atoms with Crippen LogP contribution in [0, 0.1) is 18.8 Å². The third kappa shape index (κ3) is 3.50. The lowest BCUT2D eigenvalue weighted by atomic mass is 9.84. The molecule has 3 fully saturated rings. The van der Waals surface area contributed by atoms with Crippen LogP contribution in [0.25, 0.3) is 0 Å². The predicted molar refractivity (Wildman–Crippen MR) is 107 cm³/mol. The van der Waals surface area contributed by atoms with Crippen molar-refractivity contribution in [3.05, 3.63) is 22.7 Å². The highest BCUT2D eigenvalue weighted by Gasteiger charge is 2.39. The third-order valence-electron chi connectivity index (χ3n) is 6.76. The topological polar surface area (TPSA) is 40.6 Å². The van der Waals surface area contributed by atoms with Crippen molar-refractivity contribution >= 4 is 27.1 Å². The molecule has 2 saturated carbocycles. The Hall–Kier alpha value is -0.780. The van der Waals surface area contributed by atoms with Gasteiger partial charge in [-0.25, -0.2) is 8.42 Å². The van der Waals surface area contributed by atoms with Gasteiger partial charge in [0.15, 0.2) is 9.84 Å². The van der Waals surface area contributed by atoms with Gasteiger partial charge in [0, 0.05) is 38.5 Å². The molecule has 144 valence electrons. The summed E-state index contributed by atoms with van der Waals surface area (Å²) in [6, 6.07) is 4.32. The molecular formula is C20H29ClN2O2S. The molecule has 1 aliphatic heterocycles. The zero-order valence-corrected chi connectivity index (χ0v) is 17.3. The highest BCUT2D eigenvalue weighted by molar-refractivity contribution is 7.90. The number of hydrogen-bond acceptors (Lipinski definition) is 4. The molecule has 4 nitrogen and oxygen atoms in total. The second kappa shape index (κ2) is 6.99. The van der Waals surface area contributed by atoms with Crippen LogP contribution in [0.5, 0.6) is 0 Å². The van der Waals surface area contributed by atoms with E-state index in [1.807, 2.05) is 6.92 Å². The van der Waals surface area contributed by atoms with Crippen LogP contribution in [-0.4, -0.2) is 51.8 Å². The first-order valence-corrected chi connectivity index (χ1v) is 12.1. The van der Waals surface area contributed by atoms with Crippen LogP contribution in [-0.2, 0) is 9.84 Å². The second-order valence-corrected chi connectivity index (χ2v) is 10.8. The van der Waals surface area contributed by atoms with E-state index in [0.29, 0.717) is 9.92 Å². The van der Waals surface area contributed by atoms with E-state index in [2.05, 4.69) is 9.80 Å². The predicted octanol–water partition coefficient (Wildman–Crippen LogP) is 3.75. The molecule has 4 rings (SSSR count). The van der Waals surface area contributed by atoms with Crippen molar-refractivity contribution in [1.29, 1.82) is 0 Å². The Morgan fingerprint density at radius 3 is 2.42 bits per heavy atom. The van der Waals surface area contributed by atoms with E-state index in [1.165, 1.54) is 38.4 Å². The summed E-state index contributed by atoms with van der Waals surface area (Å²) >= 11 is 6.47. The normalized spacial score (nSPS) is 30.0. The molecule has 3 atom stereocenters. The average Bonchev–Trinajstić information content (AvgIpc) is 2.95. The molecule has 1 saturated heterocycles. The lowest BCUT2D eigenvalue weighted by Gasteiger charge is -2.44. The fourth-order valence-electron chi connectivity index (χ4n) is 5.43. The minimum absolute atomic E-state index is 0.392. The van der Waals surface area contributed by atoms with Crippen LogP contribution < -0.4 is 4.90 Å². The molecule has 1 aromatic rings. The van der Waals surface area contributed by atoms with Gasteiger partial charge in [0.1, 0.15) is 0 Å². The molecule has 1 heterocycles. The highest BCUT2D eigenvalue weighted by atomic mass is 35.5. The van der Waals surface area contributed by atoms with Gasteiger partial charge in [-0.1, -0.05) is 18.0 Å². The number of aryl methyl sites for hydroxylation is 1. The Morgan fingerprint density at radius 1 is 1.04 bits per heavy atom. The first kappa shape index (κ1) is 18.6. The minimum Gasteiger partial charge on any atom is -0.368 e. The van der Waals surface area contributed by atoms with Crippen molar-refractivity contribution in [3.63, 3.8) is 0 Å². The number of anilines is 1. The molecule has 6 heteroatoms. The lowest BCUT2D eigenvalue weighted by molar-refractivity contribution is 0.103. The zero-order chi connectivity index (χ0) is 18.5. The van der Waals surface area contributed by atoms with Crippen molar-refractivity contribution in [2.24, 2.45) is 11.8 Å². The van der Waals surface area contributed by atoms with E-state index in [0.717, 1.165) is 55.3 Å². The summed E-state index contributed by atoms with van der Waals surface area (Å²) in [6.07, 6.45) is 8.32. The van der Waals surface area contributed by atoms with E-state index in [4.69, 9.17) is 11.6 Å². The van der Waals surface area contributed by atoms with Crippen LogP contribution in [0.3, 0.4) is 0 Å². The molecule has 26 heavy (non-hydrogen) atoms. The van der Waals surface area contributed by atoms with Gasteiger partial charge >= 0.3 is 0 Å². The van der Waals surface area contributed by atoms with Gasteiger partial charge in [-0.05, 0) is 62.1 Å². The number of sulfone groups is 1. The Bertz CT molecular complexity index is 787. The number of hydrogen-bond donors (Lipinski definition) is 0. The number of halogens is 1. The van der Waals surface area contributed by atoms with Crippen LogP contribution in [0.2, 0.25) is 5.02 Å². The van der Waals surface area contributed by atoms with Gasteiger partial charge in [0.2, 0.25) is 0 Å². The highest BCUT2D eigenvalue weighted by Crippen LogP contribution is 2.44. The van der Waals surface area contributed by atoms with Crippen molar-refractivity contribution in [3.8, 4) is 0 Å². The van der Waals surface area contributed by atoms with E-state index in [-0.39, 0.29) is 0 Å². The molecule has 3 aliphatic rings. The maximum absolute atomic E-state index is 12.1. The van der Waals surface area contributed by atoms with E-state index < -0.39 is 9.84 Å². The maximum Gasteiger partial charge on any atom is 0.175 e. The van der Waals surface area contributed by atoms with Gasteiger partial charge in [-0.15, -0.1) is 0 Å². The fraction of sp³-hybridized carbons (Fsp3) is 0.700. The van der Waals surface area contributed by atoms with E-state index in [9.17, 15) is 8.42 Å². The Morgan fingerprint density at radius 2 is 1.73 bits per heavy atom. The fourth-order valence-corrected chi connectivity index (χ4v) is 6.73. The zero-order valence-electron chi connectivity index (χ0n) is 15.7. The van der Waals surface area contributed by atoms with Crippen LogP contribution in [0.15, 0.2) is 17.0 Å². The molecule has 2 bridgehead atoms. The third-order valence-corrected chi connectivity index (χ3v) is 8.31. The lowest BCUT2D eigenvalue weighted by Crippen LogP contribution is -2.53. The maximum atomic E-state index is 12.1. The number of rotatable bonds is 3. The van der Waals surface area contributed by atoms with Crippen LogP contribution in [0.1, 0.15) is 37.7 Å². The molecule has 0 N–H and O–H groups in total. The average molecular weight is 397 g/mol. The van der Waals surface area contributed by atoms with Crippen molar-refractivity contribution in [2.45, 2.75) is 50.0 Å². The number of benzene rings is 1. The summed E-state index contributed by atoms with van der Waals surface area (Å²) in [5, 5.41) is 0.652. The molecule has 3 unspecified atom stereocenters. The Balaban J connectivity index is 1.48. The van der Waals surface area contributed by atoms with Crippen LogP contribution >= 0.6 is 11.6 Å². The Kier molecular flexibility index (Phi) is 4.99. The summed E-state index contributed by atoms with van der Waals surface area (Å²) in [5.41, 5.74) is 1.58. The van der Waals surface area contributed by atoms with Crippen LogP contribution in [0.4, 0.5) is 5.69 Å². The molecule has 0 aromatic heterocycles. The molecule has 1 aromatic carbocycles. The van der Waals surface area contributed by atoms with Gasteiger partial charge in [0.05, 0.1) is 15.6 Å². The van der Waals surface area contributed by atoms with E-state index in [1.54, 1.807) is 12.1 Å². The first-order valence-electron chi connectivity index (χ1n) is 9.82. The van der Waals surface area contributed by atoms with Gasteiger partial charge < -0.3 is 4.90 Å². The summed E-state index contributed by atoms with van der Waals surface area (Å²) in [6.45, 7) is 5.73. The summed E-state index contributed by atoms with van der Waals surface area (Å²) < 4.78 is 24.1. The molecule has 2 aliphatic carbocycles. The van der Waals surface area contributed by atoms with E-state index >= 15 is 0 Å². The number of piperazine rings is 1. The summed E-state index contributed by atoms with van der Waals surface area (Å²) in [4.78, 5) is 5.33. The molecule has 0 amide bonds. The number of nitrogens with zero attached hydrogens (tertiary/aromatic N) is 2. The summed E-state index contributed by atoms with van der Waals surface area (Å²) in [5.74, 6) is 1.90. The van der Waals surface area contributed by atoms with Gasteiger partial charge in [-0.2, -0.15) is 0 Å². The minimum atomic E-state index is -3.24. The van der Waals surface area contributed by atoms with Gasteiger partial charge in [0.25, 0.3) is 0 Å². The standard InChI is InChI=1S/C20H29ClN2O2S/c1-14-11-17(21)19(13-20(14)26(2,24)25)23-9-7-22(8-10-23)18-6-4-15-3-5-16(18)12-15/h11,13,15-16,18H,3-10,12H2,1-2H3. The number of fused-ring (bicyclic) bond motifs is 2. The van der Waals surface area contributed by atoms with Crippen molar-refractivity contribution in [1.82, 2.24) is 4.90 Å². The monoisotopic (exact) mass is 396 g/mol. The van der Waals surface area contributed by atoms with Gasteiger partial charge in [-0.3, -0.25) is 4.90 Å². The molecular weight excluding hydrogens is 368 g/mol. The summed E-state index contributed by atoms with van der Waals surface area (Å²) in [7, 11) is -3.24. The molecule has 0 spiro atoms.